The largest absolute Gasteiger partial charge is 0.458 e. The lowest BCUT2D eigenvalue weighted by molar-refractivity contribution is -0.158. The number of carbonyl (C=O) groups excluding carboxylic acids is 2. The van der Waals surface area contributed by atoms with Gasteiger partial charge in [0.1, 0.15) is 17.3 Å². The second-order valence-corrected chi connectivity index (χ2v) is 5.96. The van der Waals surface area contributed by atoms with E-state index < -0.39 is 23.5 Å². The van der Waals surface area contributed by atoms with E-state index in [9.17, 15) is 9.59 Å². The summed E-state index contributed by atoms with van der Waals surface area (Å²) in [7, 11) is 0. The summed E-state index contributed by atoms with van der Waals surface area (Å²) in [6.45, 7) is 9.23. The molecule has 0 aromatic carbocycles. The second-order valence-electron chi connectivity index (χ2n) is 5.96. The Balaban J connectivity index is 2.84. The SMILES string of the molecule is CC[C@H](C)[C@H](NC(=O)c1cnccn1)C(=O)OC(C)(C)C. The molecule has 1 aromatic rings. The summed E-state index contributed by atoms with van der Waals surface area (Å²) < 4.78 is 5.37. The number of rotatable bonds is 5. The van der Waals surface area contributed by atoms with E-state index in [2.05, 4.69) is 15.3 Å². The van der Waals surface area contributed by atoms with Gasteiger partial charge in [0, 0.05) is 12.4 Å². The van der Waals surface area contributed by atoms with Crippen LogP contribution < -0.4 is 5.32 Å². The van der Waals surface area contributed by atoms with E-state index in [0.717, 1.165) is 6.42 Å². The Morgan fingerprint density at radius 1 is 1.33 bits per heavy atom. The van der Waals surface area contributed by atoms with Crippen molar-refractivity contribution in [2.75, 3.05) is 0 Å². The minimum Gasteiger partial charge on any atom is -0.458 e. The standard InChI is InChI=1S/C15H23N3O3/c1-6-10(2)12(14(20)21-15(3,4)5)18-13(19)11-9-16-7-8-17-11/h7-10,12H,6H2,1-5H3,(H,18,19)/t10-,12-/m0/s1. The smallest absolute Gasteiger partial charge is 0.329 e. The summed E-state index contributed by atoms with van der Waals surface area (Å²) in [4.78, 5) is 32.1. The van der Waals surface area contributed by atoms with E-state index in [1.54, 1.807) is 20.8 Å². The van der Waals surface area contributed by atoms with Crippen LogP contribution in [-0.2, 0) is 9.53 Å². The van der Waals surface area contributed by atoms with Gasteiger partial charge in [0.25, 0.3) is 5.91 Å². The maximum Gasteiger partial charge on any atom is 0.329 e. The highest BCUT2D eigenvalue weighted by Crippen LogP contribution is 2.15. The van der Waals surface area contributed by atoms with Crippen LogP contribution in [-0.4, -0.2) is 33.5 Å². The molecule has 0 fully saturated rings. The Hall–Kier alpha value is -1.98. The van der Waals surface area contributed by atoms with Crippen molar-refractivity contribution in [1.82, 2.24) is 15.3 Å². The molecule has 2 atom stereocenters. The first-order valence-corrected chi connectivity index (χ1v) is 7.04. The third-order valence-corrected chi connectivity index (χ3v) is 2.96. The van der Waals surface area contributed by atoms with Crippen molar-refractivity contribution in [2.45, 2.75) is 52.7 Å². The molecule has 0 saturated heterocycles. The lowest BCUT2D eigenvalue weighted by Gasteiger charge is -2.27. The van der Waals surface area contributed by atoms with Crippen molar-refractivity contribution in [3.63, 3.8) is 0 Å². The van der Waals surface area contributed by atoms with Gasteiger partial charge in [-0.2, -0.15) is 0 Å². The summed E-state index contributed by atoms with van der Waals surface area (Å²) in [5, 5.41) is 2.69. The summed E-state index contributed by atoms with van der Waals surface area (Å²) in [5.74, 6) is -0.908. The van der Waals surface area contributed by atoms with Crippen molar-refractivity contribution in [2.24, 2.45) is 5.92 Å². The average molecular weight is 293 g/mol. The number of nitrogens with one attached hydrogen (secondary N) is 1. The van der Waals surface area contributed by atoms with Gasteiger partial charge in [0.15, 0.2) is 0 Å². The van der Waals surface area contributed by atoms with E-state index in [4.69, 9.17) is 4.74 Å². The van der Waals surface area contributed by atoms with Gasteiger partial charge in [-0.15, -0.1) is 0 Å². The number of hydrogen-bond acceptors (Lipinski definition) is 5. The lowest BCUT2D eigenvalue weighted by Crippen LogP contribution is -2.48. The molecule has 1 amide bonds. The fraction of sp³-hybridized carbons (Fsp3) is 0.600. The number of esters is 1. The third-order valence-electron chi connectivity index (χ3n) is 2.96. The predicted octanol–water partition coefficient (Wildman–Crippen LogP) is 1.96. The van der Waals surface area contributed by atoms with Crippen molar-refractivity contribution in [3.8, 4) is 0 Å². The van der Waals surface area contributed by atoms with Gasteiger partial charge in [0.05, 0.1) is 6.20 Å². The van der Waals surface area contributed by atoms with Gasteiger partial charge < -0.3 is 10.1 Å². The van der Waals surface area contributed by atoms with Crippen LogP contribution in [0.2, 0.25) is 0 Å². The van der Waals surface area contributed by atoms with E-state index >= 15 is 0 Å². The molecule has 116 valence electrons. The third kappa shape index (κ3) is 5.49. The highest BCUT2D eigenvalue weighted by molar-refractivity contribution is 5.95. The van der Waals surface area contributed by atoms with Crippen LogP contribution in [0, 0.1) is 5.92 Å². The van der Waals surface area contributed by atoms with Gasteiger partial charge in [-0.25, -0.2) is 9.78 Å². The number of hydrogen-bond donors (Lipinski definition) is 1. The van der Waals surface area contributed by atoms with Crippen LogP contribution >= 0.6 is 0 Å². The number of aromatic nitrogens is 2. The molecule has 0 radical (unpaired) electrons. The molecule has 0 aliphatic carbocycles. The summed E-state index contributed by atoms with van der Waals surface area (Å²) in [6, 6.07) is -0.705. The van der Waals surface area contributed by atoms with Gasteiger partial charge in [-0.1, -0.05) is 20.3 Å². The number of nitrogens with zero attached hydrogens (tertiary/aromatic N) is 2. The Morgan fingerprint density at radius 2 is 2.00 bits per heavy atom. The van der Waals surface area contributed by atoms with Crippen molar-refractivity contribution < 1.29 is 14.3 Å². The monoisotopic (exact) mass is 293 g/mol. The number of amides is 1. The molecule has 6 heteroatoms. The fourth-order valence-corrected chi connectivity index (χ4v) is 1.67. The molecule has 1 N–H and O–H groups in total. The summed E-state index contributed by atoms with van der Waals surface area (Å²) in [6.07, 6.45) is 5.01. The van der Waals surface area contributed by atoms with Gasteiger partial charge >= 0.3 is 5.97 Å². The van der Waals surface area contributed by atoms with Crippen molar-refractivity contribution in [3.05, 3.63) is 24.3 Å². The fourth-order valence-electron chi connectivity index (χ4n) is 1.67. The van der Waals surface area contributed by atoms with E-state index in [0.29, 0.717) is 0 Å². The van der Waals surface area contributed by atoms with Crippen LogP contribution in [0.25, 0.3) is 0 Å². The summed E-state index contributed by atoms with van der Waals surface area (Å²) >= 11 is 0. The molecule has 21 heavy (non-hydrogen) atoms. The maximum absolute atomic E-state index is 12.3. The molecular formula is C15H23N3O3. The first kappa shape index (κ1) is 17.1. The van der Waals surface area contributed by atoms with Crippen LogP contribution in [0.3, 0.4) is 0 Å². The molecule has 0 spiro atoms. The highest BCUT2D eigenvalue weighted by atomic mass is 16.6. The van der Waals surface area contributed by atoms with E-state index in [-0.39, 0.29) is 11.6 Å². The highest BCUT2D eigenvalue weighted by Gasteiger charge is 2.30. The Morgan fingerprint density at radius 3 is 2.48 bits per heavy atom. The zero-order chi connectivity index (χ0) is 16.0. The first-order chi connectivity index (χ1) is 9.74. The van der Waals surface area contributed by atoms with Crippen LogP contribution in [0.5, 0.6) is 0 Å². The first-order valence-electron chi connectivity index (χ1n) is 7.04. The van der Waals surface area contributed by atoms with Gasteiger partial charge in [-0.05, 0) is 26.7 Å². The quantitative estimate of drug-likeness (QED) is 0.839. The molecule has 0 aliphatic heterocycles. The van der Waals surface area contributed by atoms with Gasteiger partial charge in [0.2, 0.25) is 0 Å². The van der Waals surface area contributed by atoms with Crippen LogP contribution in [0.1, 0.15) is 51.5 Å². The number of ether oxygens (including phenoxy) is 1. The zero-order valence-corrected chi connectivity index (χ0v) is 13.2. The molecule has 1 heterocycles. The van der Waals surface area contributed by atoms with Crippen LogP contribution in [0.4, 0.5) is 0 Å². The second kappa shape index (κ2) is 7.15. The van der Waals surface area contributed by atoms with E-state index in [1.165, 1.54) is 18.6 Å². The summed E-state index contributed by atoms with van der Waals surface area (Å²) in [5.41, 5.74) is -0.422. The molecule has 0 aliphatic rings. The molecule has 1 aromatic heterocycles. The minimum absolute atomic E-state index is 0.0412. The molecule has 6 nitrogen and oxygen atoms in total. The molecule has 0 saturated carbocycles. The number of carbonyl (C=O) groups is 2. The topological polar surface area (TPSA) is 81.2 Å². The van der Waals surface area contributed by atoms with Gasteiger partial charge in [-0.3, -0.25) is 9.78 Å². The lowest BCUT2D eigenvalue weighted by atomic mass is 9.98. The normalized spacial score (nSPS) is 14.1. The molecule has 0 unspecified atom stereocenters. The molecule has 0 bridgehead atoms. The Labute approximate surface area is 125 Å². The zero-order valence-electron chi connectivity index (χ0n) is 13.2. The maximum atomic E-state index is 12.3. The predicted molar refractivity (Wildman–Crippen MR) is 78.6 cm³/mol. The van der Waals surface area contributed by atoms with Crippen molar-refractivity contribution in [1.29, 1.82) is 0 Å². The Kier molecular flexibility index (Phi) is 5.81. The van der Waals surface area contributed by atoms with Crippen molar-refractivity contribution >= 4 is 11.9 Å². The van der Waals surface area contributed by atoms with Crippen LogP contribution in [0.15, 0.2) is 18.6 Å². The average Bonchev–Trinajstić information content (AvgIpc) is 2.42. The van der Waals surface area contributed by atoms with E-state index in [1.807, 2.05) is 13.8 Å². The Bertz CT molecular complexity index is 483. The molecular weight excluding hydrogens is 270 g/mol. The minimum atomic E-state index is -0.705. The molecule has 1 rings (SSSR count).